The molecule has 1 fully saturated rings. The Kier molecular flexibility index (Phi) is 10.7. The van der Waals surface area contributed by atoms with Gasteiger partial charge in [-0.2, -0.15) is 13.2 Å². The molecule has 0 aliphatic carbocycles. The van der Waals surface area contributed by atoms with Crippen LogP contribution in [0, 0.1) is 11.8 Å². The molecular weight excluding hydrogens is 509 g/mol. The number of alkyl halides is 3. The fourth-order valence-corrected chi connectivity index (χ4v) is 4.03. The van der Waals surface area contributed by atoms with Gasteiger partial charge in [0.15, 0.2) is 0 Å². The molecule has 1 aromatic carbocycles. The van der Waals surface area contributed by atoms with E-state index >= 15 is 0 Å². The van der Waals surface area contributed by atoms with Crippen LogP contribution in [0.1, 0.15) is 50.4 Å². The fourth-order valence-electron chi connectivity index (χ4n) is 4.03. The van der Waals surface area contributed by atoms with Gasteiger partial charge in [0.1, 0.15) is 6.04 Å². The summed E-state index contributed by atoms with van der Waals surface area (Å²) in [7, 11) is 1.26. The maximum atomic E-state index is 12.9. The average Bonchev–Trinajstić information content (AvgIpc) is 3.36. The van der Waals surface area contributed by atoms with Crippen molar-refractivity contribution in [2.45, 2.75) is 58.3 Å². The second kappa shape index (κ2) is 13.2. The number of nitrogens with one attached hydrogen (secondary N) is 3. The molecule has 4 amide bonds. The number of likely N-dealkylation sites (tertiary alicyclic amines) is 1. The standard InChI is InChI=1S/C25H33F3N4O6/c1-5-15(21(34)30-17-10-8-16(9-11-17)23(36)38-4)13-29-24(37)32-12-6-7-18(32)22(35)31-19(14(2)3)20(33)25(26,27)28/h8-11,14-15,18-19H,5-7,12-13H2,1-4H3,(H,29,37)(H,30,34)(H,31,35)/t15-,18+,19?/m1/s1. The van der Waals surface area contributed by atoms with Crippen molar-refractivity contribution in [2.75, 3.05) is 25.5 Å². The Balaban J connectivity index is 1.97. The van der Waals surface area contributed by atoms with E-state index in [2.05, 4.69) is 20.7 Å². The highest BCUT2D eigenvalue weighted by atomic mass is 19.4. The summed E-state index contributed by atoms with van der Waals surface area (Å²) in [6.45, 7) is 4.67. The van der Waals surface area contributed by atoms with Crippen LogP contribution in [0.25, 0.3) is 0 Å². The summed E-state index contributed by atoms with van der Waals surface area (Å²) >= 11 is 0. The van der Waals surface area contributed by atoms with Crippen molar-refractivity contribution in [1.29, 1.82) is 0 Å². The number of ether oxygens (including phenoxy) is 1. The first kappa shape index (κ1) is 30.6. The van der Waals surface area contributed by atoms with Crippen molar-refractivity contribution in [3.8, 4) is 0 Å². The number of methoxy groups -OCH3 is 1. The quantitative estimate of drug-likeness (QED) is 0.390. The molecule has 1 unspecified atom stereocenters. The molecular formula is C25H33F3N4O6. The van der Waals surface area contributed by atoms with Crippen LogP contribution in [0.2, 0.25) is 0 Å². The molecule has 210 valence electrons. The summed E-state index contributed by atoms with van der Waals surface area (Å²) in [6, 6.07) is 2.62. The highest BCUT2D eigenvalue weighted by Crippen LogP contribution is 2.23. The number of halogens is 3. The van der Waals surface area contributed by atoms with E-state index in [1.54, 1.807) is 6.92 Å². The molecule has 10 nitrogen and oxygen atoms in total. The van der Waals surface area contributed by atoms with Crippen LogP contribution < -0.4 is 16.0 Å². The van der Waals surface area contributed by atoms with Crippen molar-refractivity contribution in [1.82, 2.24) is 15.5 Å². The molecule has 1 aliphatic rings. The summed E-state index contributed by atoms with van der Waals surface area (Å²) in [5.41, 5.74) is 0.758. The molecule has 1 heterocycles. The lowest BCUT2D eigenvalue weighted by Crippen LogP contribution is -2.56. The number of hydrogen-bond donors (Lipinski definition) is 3. The molecule has 0 radical (unpaired) electrons. The lowest BCUT2D eigenvalue weighted by molar-refractivity contribution is -0.175. The predicted molar refractivity (Wildman–Crippen MR) is 131 cm³/mol. The smallest absolute Gasteiger partial charge is 0.452 e. The number of urea groups is 1. The highest BCUT2D eigenvalue weighted by Gasteiger charge is 2.46. The third-order valence-electron chi connectivity index (χ3n) is 6.28. The van der Waals surface area contributed by atoms with Crippen molar-refractivity contribution in [3.05, 3.63) is 29.8 Å². The van der Waals surface area contributed by atoms with Crippen LogP contribution in [0.15, 0.2) is 24.3 Å². The minimum absolute atomic E-state index is 0.0482. The van der Waals surface area contributed by atoms with E-state index in [9.17, 15) is 37.1 Å². The van der Waals surface area contributed by atoms with Crippen molar-refractivity contribution in [2.24, 2.45) is 11.8 Å². The second-order valence-corrected chi connectivity index (χ2v) is 9.29. The maximum Gasteiger partial charge on any atom is 0.452 e. The molecule has 13 heteroatoms. The predicted octanol–water partition coefficient (Wildman–Crippen LogP) is 2.88. The number of carbonyl (C=O) groups is 5. The Hall–Kier alpha value is -3.64. The zero-order chi connectivity index (χ0) is 28.6. The number of nitrogens with zero attached hydrogens (tertiary/aromatic N) is 1. The number of carbonyl (C=O) groups excluding carboxylic acids is 5. The van der Waals surface area contributed by atoms with E-state index in [0.29, 0.717) is 24.1 Å². The number of Topliss-reactive ketones (excluding diaryl/α,β-unsaturated/α-hetero) is 1. The first-order chi connectivity index (χ1) is 17.8. The fraction of sp³-hybridized carbons (Fsp3) is 0.560. The minimum Gasteiger partial charge on any atom is -0.465 e. The first-order valence-corrected chi connectivity index (χ1v) is 12.2. The summed E-state index contributed by atoms with van der Waals surface area (Å²) in [5, 5.41) is 7.49. The van der Waals surface area contributed by atoms with Crippen molar-refractivity contribution < 1.29 is 41.9 Å². The van der Waals surface area contributed by atoms with Crippen molar-refractivity contribution >= 4 is 35.3 Å². The van der Waals surface area contributed by atoms with Crippen LogP contribution in [0.3, 0.4) is 0 Å². The number of amides is 4. The number of esters is 1. The Bertz CT molecular complexity index is 1030. The van der Waals surface area contributed by atoms with E-state index in [4.69, 9.17) is 0 Å². The molecule has 2 rings (SSSR count). The molecule has 0 spiro atoms. The minimum atomic E-state index is -5.10. The van der Waals surface area contributed by atoms with Gasteiger partial charge >= 0.3 is 18.2 Å². The van der Waals surface area contributed by atoms with Gasteiger partial charge in [0.25, 0.3) is 5.78 Å². The van der Waals surface area contributed by atoms with E-state index < -0.39 is 53.8 Å². The van der Waals surface area contributed by atoms with Gasteiger partial charge in [0.2, 0.25) is 11.8 Å². The van der Waals surface area contributed by atoms with Gasteiger partial charge < -0.3 is 25.6 Å². The van der Waals surface area contributed by atoms with Crippen LogP contribution in [0.4, 0.5) is 23.7 Å². The van der Waals surface area contributed by atoms with Crippen LogP contribution >= 0.6 is 0 Å². The zero-order valence-electron chi connectivity index (χ0n) is 21.7. The normalized spacial score (nSPS) is 16.9. The van der Waals surface area contributed by atoms with E-state index in [0.717, 1.165) is 0 Å². The van der Waals surface area contributed by atoms with Crippen molar-refractivity contribution in [3.63, 3.8) is 0 Å². The number of ketones is 1. The molecule has 3 N–H and O–H groups in total. The summed E-state index contributed by atoms with van der Waals surface area (Å²) < 4.78 is 43.5. The molecule has 38 heavy (non-hydrogen) atoms. The zero-order valence-corrected chi connectivity index (χ0v) is 21.7. The number of rotatable bonds is 10. The van der Waals surface area contributed by atoms with Gasteiger partial charge in [-0.15, -0.1) is 0 Å². The second-order valence-electron chi connectivity index (χ2n) is 9.29. The summed E-state index contributed by atoms with van der Waals surface area (Å²) in [5.74, 6) is -5.21. The van der Waals surface area contributed by atoms with Gasteiger partial charge in [-0.05, 0) is 49.4 Å². The third kappa shape index (κ3) is 7.93. The summed E-state index contributed by atoms with van der Waals surface area (Å²) in [6.07, 6.45) is -4.05. The Morgan fingerprint density at radius 1 is 1.11 bits per heavy atom. The van der Waals surface area contributed by atoms with Gasteiger partial charge in [0, 0.05) is 18.8 Å². The summed E-state index contributed by atoms with van der Waals surface area (Å²) in [4.78, 5) is 62.7. The SMILES string of the molecule is CC[C@H](CNC(=O)N1CCC[C@H]1C(=O)NC(C(=O)C(F)(F)F)C(C)C)C(=O)Nc1ccc(C(=O)OC)cc1. The molecule has 1 aromatic rings. The van der Waals surface area contributed by atoms with Crippen LogP contribution in [-0.4, -0.2) is 73.0 Å². The van der Waals surface area contributed by atoms with Gasteiger partial charge in [0.05, 0.1) is 24.6 Å². The highest BCUT2D eigenvalue weighted by molar-refractivity contribution is 5.96. The topological polar surface area (TPSA) is 134 Å². The van der Waals surface area contributed by atoms with Gasteiger partial charge in [-0.3, -0.25) is 14.4 Å². The Morgan fingerprint density at radius 3 is 2.26 bits per heavy atom. The van der Waals surface area contributed by atoms with Gasteiger partial charge in [-0.1, -0.05) is 20.8 Å². The monoisotopic (exact) mass is 542 g/mol. The third-order valence-corrected chi connectivity index (χ3v) is 6.28. The van der Waals surface area contributed by atoms with Gasteiger partial charge in [-0.25, -0.2) is 9.59 Å². The lowest BCUT2D eigenvalue weighted by Gasteiger charge is -2.28. The van der Waals surface area contributed by atoms with Crippen LogP contribution in [-0.2, 0) is 19.1 Å². The number of benzene rings is 1. The van der Waals surface area contributed by atoms with E-state index in [-0.39, 0.29) is 25.4 Å². The maximum absolute atomic E-state index is 12.9. The van der Waals surface area contributed by atoms with E-state index in [1.165, 1.54) is 50.1 Å². The molecule has 1 aliphatic heterocycles. The molecule has 0 saturated carbocycles. The molecule has 1 saturated heterocycles. The molecule has 0 bridgehead atoms. The Morgan fingerprint density at radius 2 is 1.74 bits per heavy atom. The first-order valence-electron chi connectivity index (χ1n) is 12.2. The lowest BCUT2D eigenvalue weighted by atomic mass is 9.98. The largest absolute Gasteiger partial charge is 0.465 e. The molecule has 3 atom stereocenters. The average molecular weight is 543 g/mol. The number of hydrogen-bond acceptors (Lipinski definition) is 6. The molecule has 0 aromatic heterocycles. The van der Waals surface area contributed by atoms with E-state index in [1.807, 2.05) is 0 Å². The Labute approximate surface area is 218 Å². The van der Waals surface area contributed by atoms with Crippen LogP contribution in [0.5, 0.6) is 0 Å². The number of anilines is 1.